The third kappa shape index (κ3) is 4.08. The molecule has 1 unspecified atom stereocenters. The molecular formula is C17H16NO5S2-. The quantitative estimate of drug-likeness (QED) is 0.435. The summed E-state index contributed by atoms with van der Waals surface area (Å²) in [6, 6.07) is 5.38. The maximum absolute atomic E-state index is 12.6. The van der Waals surface area contributed by atoms with Gasteiger partial charge in [-0.1, -0.05) is 50.0 Å². The van der Waals surface area contributed by atoms with E-state index in [9.17, 15) is 19.5 Å². The number of methoxy groups -OCH3 is 1. The summed E-state index contributed by atoms with van der Waals surface area (Å²) >= 11 is 6.21. The number of esters is 1. The number of hydrogen-bond acceptors (Lipinski definition) is 7. The van der Waals surface area contributed by atoms with Crippen LogP contribution in [0.5, 0.6) is 0 Å². The van der Waals surface area contributed by atoms with E-state index in [4.69, 9.17) is 12.2 Å². The number of carbonyl (C=O) groups excluding carboxylic acids is 3. The van der Waals surface area contributed by atoms with Crippen molar-refractivity contribution in [3.63, 3.8) is 0 Å². The Bertz CT molecular complexity index is 755. The number of nitrogens with zero attached hydrogens (tertiary/aromatic N) is 1. The summed E-state index contributed by atoms with van der Waals surface area (Å²) in [7, 11) is 1.30. The third-order valence-corrected chi connectivity index (χ3v) is 4.93. The van der Waals surface area contributed by atoms with Gasteiger partial charge >= 0.3 is 5.97 Å². The first-order chi connectivity index (χ1) is 11.8. The Morgan fingerprint density at radius 1 is 1.28 bits per heavy atom. The number of carboxylic acids is 1. The molecule has 2 rings (SSSR count). The smallest absolute Gasteiger partial charge is 0.337 e. The van der Waals surface area contributed by atoms with Crippen LogP contribution in [-0.2, 0) is 14.3 Å². The van der Waals surface area contributed by atoms with Crippen LogP contribution in [0.2, 0.25) is 0 Å². The van der Waals surface area contributed by atoms with E-state index in [0.717, 1.165) is 16.7 Å². The SMILES string of the molecule is COC(=O)c1ccc(C=C2SC(=S)N(C(C(=O)[O-])C(C)C)C2=O)cc1. The van der Waals surface area contributed by atoms with Crippen molar-refractivity contribution in [2.75, 3.05) is 7.11 Å². The molecule has 0 aromatic heterocycles. The molecular weight excluding hydrogens is 362 g/mol. The number of amides is 1. The Balaban J connectivity index is 2.28. The Morgan fingerprint density at radius 2 is 1.88 bits per heavy atom. The minimum atomic E-state index is -1.34. The largest absolute Gasteiger partial charge is 0.548 e. The minimum Gasteiger partial charge on any atom is -0.548 e. The minimum absolute atomic E-state index is 0.185. The van der Waals surface area contributed by atoms with Gasteiger partial charge in [0.25, 0.3) is 5.91 Å². The molecule has 1 aromatic carbocycles. The fraction of sp³-hybridized carbons (Fsp3) is 0.294. The van der Waals surface area contributed by atoms with Gasteiger partial charge < -0.3 is 14.6 Å². The van der Waals surface area contributed by atoms with Crippen molar-refractivity contribution in [2.24, 2.45) is 5.92 Å². The highest BCUT2D eigenvalue weighted by Crippen LogP contribution is 2.35. The molecule has 132 valence electrons. The zero-order chi connectivity index (χ0) is 18.7. The standard InChI is InChI=1S/C17H17NO5S2/c1-9(2)13(15(20)21)18-14(19)12(25-17(18)24)8-10-4-6-11(7-5-10)16(22)23-3/h4-9,13H,1-3H3,(H,20,21)/p-1. The first-order valence-corrected chi connectivity index (χ1v) is 8.65. The van der Waals surface area contributed by atoms with E-state index in [2.05, 4.69) is 4.74 Å². The fourth-order valence-electron chi connectivity index (χ4n) is 2.38. The molecule has 0 aliphatic carbocycles. The van der Waals surface area contributed by atoms with Crippen molar-refractivity contribution in [3.8, 4) is 0 Å². The number of thiocarbonyl (C=S) groups is 1. The van der Waals surface area contributed by atoms with E-state index in [1.807, 2.05) is 0 Å². The molecule has 1 saturated heterocycles. The normalized spacial score (nSPS) is 17.3. The molecule has 1 fully saturated rings. The van der Waals surface area contributed by atoms with Crippen LogP contribution >= 0.6 is 24.0 Å². The molecule has 0 N–H and O–H groups in total. The number of hydrogen-bond donors (Lipinski definition) is 0. The Hall–Kier alpha value is -2.19. The molecule has 0 radical (unpaired) electrons. The van der Waals surface area contributed by atoms with Crippen molar-refractivity contribution < 1.29 is 24.2 Å². The van der Waals surface area contributed by atoms with Gasteiger partial charge in [0.15, 0.2) is 0 Å². The summed E-state index contributed by atoms with van der Waals surface area (Å²) in [6.07, 6.45) is 1.60. The topological polar surface area (TPSA) is 86.7 Å². The molecule has 1 heterocycles. The van der Waals surface area contributed by atoms with E-state index in [1.54, 1.807) is 44.2 Å². The van der Waals surface area contributed by atoms with Crippen molar-refractivity contribution in [3.05, 3.63) is 40.3 Å². The molecule has 1 atom stereocenters. The van der Waals surface area contributed by atoms with Gasteiger partial charge in [0.05, 0.1) is 29.6 Å². The molecule has 6 nitrogen and oxygen atoms in total. The summed E-state index contributed by atoms with van der Waals surface area (Å²) in [5, 5.41) is 11.4. The maximum Gasteiger partial charge on any atom is 0.337 e. The van der Waals surface area contributed by atoms with Crippen molar-refractivity contribution in [2.45, 2.75) is 19.9 Å². The fourth-order valence-corrected chi connectivity index (χ4v) is 3.71. The third-order valence-electron chi connectivity index (χ3n) is 3.60. The monoisotopic (exact) mass is 378 g/mol. The lowest BCUT2D eigenvalue weighted by Gasteiger charge is -2.30. The van der Waals surface area contributed by atoms with Crippen LogP contribution in [-0.4, -0.2) is 40.2 Å². The number of ether oxygens (including phenoxy) is 1. The summed E-state index contributed by atoms with van der Waals surface area (Å²) in [5.41, 5.74) is 1.08. The van der Waals surface area contributed by atoms with Crippen molar-refractivity contribution in [1.82, 2.24) is 4.90 Å². The predicted octanol–water partition coefficient (Wildman–Crippen LogP) is 1.45. The van der Waals surface area contributed by atoms with Crippen LogP contribution in [0.3, 0.4) is 0 Å². The highest BCUT2D eigenvalue weighted by atomic mass is 32.2. The van der Waals surface area contributed by atoms with Crippen LogP contribution in [0.1, 0.15) is 29.8 Å². The van der Waals surface area contributed by atoms with Crippen LogP contribution in [0.15, 0.2) is 29.2 Å². The number of benzene rings is 1. The molecule has 25 heavy (non-hydrogen) atoms. The van der Waals surface area contributed by atoms with E-state index in [1.165, 1.54) is 7.11 Å². The van der Waals surface area contributed by atoms with Gasteiger partial charge in [0.2, 0.25) is 0 Å². The van der Waals surface area contributed by atoms with E-state index >= 15 is 0 Å². The summed E-state index contributed by atoms with van der Waals surface area (Å²) in [4.78, 5) is 36.8. The molecule has 0 bridgehead atoms. The second-order valence-electron chi connectivity index (χ2n) is 5.67. The first kappa shape index (κ1) is 19.1. The Morgan fingerprint density at radius 3 is 2.36 bits per heavy atom. The molecule has 8 heteroatoms. The van der Waals surface area contributed by atoms with Gasteiger partial charge in [-0.05, 0) is 29.7 Å². The lowest BCUT2D eigenvalue weighted by atomic mass is 10.0. The van der Waals surface area contributed by atoms with Crippen LogP contribution < -0.4 is 5.11 Å². The lowest BCUT2D eigenvalue weighted by Crippen LogP contribution is -2.52. The zero-order valence-electron chi connectivity index (χ0n) is 13.8. The van der Waals surface area contributed by atoms with Crippen LogP contribution in [0, 0.1) is 5.92 Å². The molecule has 1 aliphatic heterocycles. The number of rotatable bonds is 5. The van der Waals surface area contributed by atoms with Crippen LogP contribution in [0.25, 0.3) is 6.08 Å². The van der Waals surface area contributed by atoms with E-state index in [0.29, 0.717) is 16.0 Å². The maximum atomic E-state index is 12.6. The predicted molar refractivity (Wildman–Crippen MR) is 96.4 cm³/mol. The second kappa shape index (κ2) is 7.79. The van der Waals surface area contributed by atoms with E-state index in [-0.39, 0.29) is 10.2 Å². The van der Waals surface area contributed by atoms with Gasteiger partial charge in [0.1, 0.15) is 4.32 Å². The van der Waals surface area contributed by atoms with E-state index < -0.39 is 23.9 Å². The van der Waals surface area contributed by atoms with Gasteiger partial charge in [-0.3, -0.25) is 9.69 Å². The van der Waals surface area contributed by atoms with Gasteiger partial charge in [-0.25, -0.2) is 4.79 Å². The van der Waals surface area contributed by atoms with Crippen LogP contribution in [0.4, 0.5) is 0 Å². The number of thioether (sulfide) groups is 1. The van der Waals surface area contributed by atoms with Crippen molar-refractivity contribution in [1.29, 1.82) is 0 Å². The highest BCUT2D eigenvalue weighted by Gasteiger charge is 2.38. The summed E-state index contributed by atoms with van der Waals surface area (Å²) < 4.78 is 4.81. The molecule has 1 aliphatic rings. The second-order valence-corrected chi connectivity index (χ2v) is 7.35. The first-order valence-electron chi connectivity index (χ1n) is 7.42. The number of carbonyl (C=O) groups is 3. The Labute approximate surface area is 154 Å². The number of carboxylic acid groups (broad SMARTS) is 1. The van der Waals surface area contributed by atoms with Gasteiger partial charge in [0, 0.05) is 0 Å². The average Bonchev–Trinajstić information content (AvgIpc) is 2.82. The lowest BCUT2D eigenvalue weighted by molar-refractivity contribution is -0.311. The molecule has 0 spiro atoms. The van der Waals surface area contributed by atoms with Gasteiger partial charge in [-0.2, -0.15) is 0 Å². The molecule has 1 aromatic rings. The summed E-state index contributed by atoms with van der Waals surface area (Å²) in [5.74, 6) is -2.59. The molecule has 0 saturated carbocycles. The average molecular weight is 378 g/mol. The van der Waals surface area contributed by atoms with Gasteiger partial charge in [-0.15, -0.1) is 0 Å². The molecule has 1 amide bonds. The van der Waals surface area contributed by atoms with Crippen molar-refractivity contribution >= 4 is 52.2 Å². The highest BCUT2D eigenvalue weighted by molar-refractivity contribution is 8.26. The zero-order valence-corrected chi connectivity index (χ0v) is 15.5. The summed E-state index contributed by atoms with van der Waals surface area (Å²) in [6.45, 7) is 3.38. The Kier molecular flexibility index (Phi) is 5.97. The number of aliphatic carboxylic acids is 1.